The highest BCUT2D eigenvalue weighted by atomic mass is 16.5. The van der Waals surface area contributed by atoms with E-state index < -0.39 is 167 Å². The number of nitrogens with zero attached hydrogens (tertiary/aromatic N) is 6. The molecule has 0 saturated carbocycles. The van der Waals surface area contributed by atoms with E-state index >= 15 is 9.59 Å². The van der Waals surface area contributed by atoms with Gasteiger partial charge in [0.25, 0.3) is 0 Å². The minimum absolute atomic E-state index is 0.134. The molecule has 0 rings (SSSR count). The summed E-state index contributed by atoms with van der Waals surface area (Å²) in [5, 5.41) is 25.5. The lowest BCUT2D eigenvalue weighted by Crippen LogP contribution is -2.63. The molecule has 0 bridgehead atoms. The van der Waals surface area contributed by atoms with Gasteiger partial charge in [0.2, 0.25) is 59.1 Å². The molecule has 95 heavy (non-hydrogen) atoms. The monoisotopic (exact) mass is 1350 g/mol. The van der Waals surface area contributed by atoms with E-state index in [1.807, 2.05) is 54.5 Å². The summed E-state index contributed by atoms with van der Waals surface area (Å²) in [6, 6.07) is -12.9. The van der Waals surface area contributed by atoms with Crippen LogP contribution in [0, 0.1) is 35.5 Å². The van der Waals surface area contributed by atoms with E-state index in [-0.39, 0.29) is 56.7 Å². The van der Waals surface area contributed by atoms with E-state index in [9.17, 15) is 53.1 Å². The number of methoxy groups -OCH3 is 1. The maximum atomic E-state index is 15.1. The van der Waals surface area contributed by atoms with Gasteiger partial charge in [-0.2, -0.15) is 0 Å². The highest BCUT2D eigenvalue weighted by Gasteiger charge is 2.46. The van der Waals surface area contributed by atoms with Gasteiger partial charge >= 0.3 is 11.9 Å². The molecule has 0 aliphatic rings. The molecule has 27 heteroatoms. The Bertz CT molecular complexity index is 2550. The molecule has 0 aromatic carbocycles. The van der Waals surface area contributed by atoms with E-state index in [2.05, 4.69) is 26.6 Å². The summed E-state index contributed by atoms with van der Waals surface area (Å²) < 4.78 is 15.9. The van der Waals surface area contributed by atoms with Crippen LogP contribution >= 0.6 is 0 Å². The van der Waals surface area contributed by atoms with Crippen LogP contribution in [0.4, 0.5) is 0 Å². The van der Waals surface area contributed by atoms with Gasteiger partial charge in [0.1, 0.15) is 60.4 Å². The molecule has 6 N–H and O–H groups in total. The third-order valence-corrected chi connectivity index (χ3v) is 17.2. The van der Waals surface area contributed by atoms with Crippen molar-refractivity contribution in [2.75, 3.05) is 69.7 Å². The quantitative estimate of drug-likeness (QED) is 0.0290. The number of aliphatic hydroxyl groups is 1. The van der Waals surface area contributed by atoms with Crippen LogP contribution in [0.5, 0.6) is 0 Å². The Morgan fingerprint density at radius 2 is 0.926 bits per heavy atom. The molecular weight excluding hydrogens is 1230 g/mol. The summed E-state index contributed by atoms with van der Waals surface area (Å²) in [5.74, 6) is -9.79. The van der Waals surface area contributed by atoms with Gasteiger partial charge in [-0.05, 0) is 122 Å². The topological polar surface area (TPSA) is 332 Å². The van der Waals surface area contributed by atoms with Gasteiger partial charge in [0, 0.05) is 55.8 Å². The fourth-order valence-electron chi connectivity index (χ4n) is 11.1. The average molecular weight is 1350 g/mol. The molecular formula is C68H123N11O16. The number of nitrogens with one attached hydrogen (secondary N) is 5. The second-order valence-electron chi connectivity index (χ2n) is 27.3. The molecule has 0 unspecified atom stereocenters. The summed E-state index contributed by atoms with van der Waals surface area (Å²) in [6.45, 7) is 31.0. The molecule has 0 saturated heterocycles. The predicted molar refractivity (Wildman–Crippen MR) is 363 cm³/mol. The molecule has 14 atom stereocenters. The molecule has 10 amide bonds. The number of hydrogen-bond acceptors (Lipinski definition) is 17. The van der Waals surface area contributed by atoms with E-state index in [1.165, 1.54) is 94.7 Å². The molecule has 0 spiro atoms. The molecule has 0 aromatic heterocycles. The molecule has 0 radical (unpaired) electrons. The Hall–Kier alpha value is -6.74. The number of hydrogen-bond donors (Lipinski definition) is 6. The first-order valence-corrected chi connectivity index (χ1v) is 33.6. The molecule has 0 heterocycles. The number of amides is 10. The van der Waals surface area contributed by atoms with Crippen molar-refractivity contribution < 1.29 is 76.9 Å². The van der Waals surface area contributed by atoms with Crippen molar-refractivity contribution in [1.29, 1.82) is 0 Å². The first kappa shape index (κ1) is 88.3. The lowest BCUT2D eigenvalue weighted by atomic mass is 9.91. The Morgan fingerprint density at radius 3 is 1.39 bits per heavy atom. The lowest BCUT2D eigenvalue weighted by molar-refractivity contribution is -0.157. The van der Waals surface area contributed by atoms with Crippen LogP contribution in [-0.4, -0.2) is 254 Å². The normalized spacial score (nSPS) is 16.1. The number of esters is 2. The second kappa shape index (κ2) is 42.7. The van der Waals surface area contributed by atoms with E-state index in [1.54, 1.807) is 68.5 Å². The third-order valence-electron chi connectivity index (χ3n) is 17.2. The minimum Gasteiger partial charge on any atom is -0.467 e. The van der Waals surface area contributed by atoms with Crippen molar-refractivity contribution in [2.24, 2.45) is 35.5 Å². The summed E-state index contributed by atoms with van der Waals surface area (Å²) in [7, 11) is 11.3. The first-order valence-electron chi connectivity index (χ1n) is 33.6. The van der Waals surface area contributed by atoms with Gasteiger partial charge in [0.15, 0.2) is 0 Å². The zero-order valence-corrected chi connectivity index (χ0v) is 62.2. The molecule has 0 aromatic rings. The summed E-state index contributed by atoms with van der Waals surface area (Å²) in [6.07, 6.45) is 3.24. The van der Waals surface area contributed by atoms with Crippen LogP contribution in [0.3, 0.4) is 0 Å². The Labute approximate surface area is 567 Å². The van der Waals surface area contributed by atoms with Crippen molar-refractivity contribution in [1.82, 2.24) is 56.0 Å². The summed E-state index contributed by atoms with van der Waals surface area (Å²) >= 11 is 0. The van der Waals surface area contributed by atoms with E-state index in [4.69, 9.17) is 14.2 Å². The second-order valence-corrected chi connectivity index (χ2v) is 27.3. The van der Waals surface area contributed by atoms with Crippen LogP contribution in [0.25, 0.3) is 0 Å². The fourth-order valence-corrected chi connectivity index (χ4v) is 11.1. The maximum Gasteiger partial charge on any atom is 0.328 e. The van der Waals surface area contributed by atoms with Crippen molar-refractivity contribution in [3.63, 3.8) is 0 Å². The van der Waals surface area contributed by atoms with Crippen molar-refractivity contribution in [2.45, 2.75) is 248 Å². The number of carbonyl (C=O) groups excluding carboxylic acids is 12. The fraction of sp³-hybridized carbons (Fsp3) is 0.794. The van der Waals surface area contributed by atoms with Crippen LogP contribution in [0.15, 0.2) is 12.2 Å². The van der Waals surface area contributed by atoms with Crippen LogP contribution in [-0.2, 0) is 71.7 Å². The van der Waals surface area contributed by atoms with Gasteiger partial charge < -0.3 is 75.3 Å². The first-order chi connectivity index (χ1) is 44.0. The zero-order valence-electron chi connectivity index (χ0n) is 62.2. The summed E-state index contributed by atoms with van der Waals surface area (Å²) in [5.41, 5.74) is 0. The van der Waals surface area contributed by atoms with Crippen molar-refractivity contribution in [3.05, 3.63) is 12.2 Å². The Balaban J connectivity index is 6.95. The Morgan fingerprint density at radius 1 is 0.484 bits per heavy atom. The van der Waals surface area contributed by atoms with E-state index in [0.717, 1.165) is 4.90 Å². The Kier molecular flexibility index (Phi) is 39.7. The highest BCUT2D eigenvalue weighted by molar-refractivity contribution is 5.99. The minimum atomic E-state index is -1.51. The van der Waals surface area contributed by atoms with Crippen LogP contribution in [0.1, 0.15) is 170 Å². The number of rotatable bonds is 42. The SMILES string of the molecule is C/C=C/C[C@@H](C)[C@@H](O)[C@@H](C(=O)N[C@@H](CC)C(=O)OC)N(C)C(=O)[C@H](C(C)C)N(C)C(=O)[C@H](CC(C)C)N(C)C(=O)[C@H](CC(C)C)N(C)C(=O)[C@@H](C)NC(=O)[C@H](C)NC(=O)[C@H](CC(C)C)N(C)C(=O)[C@@H](NC(=O)[C@H]([C@H](C)OCCCCOC(C)=O)N(C)C(=O)[C@@H](C)NC)C(C)C. The zero-order chi connectivity index (χ0) is 73.8. The van der Waals surface area contributed by atoms with Crippen LogP contribution in [0.2, 0.25) is 0 Å². The van der Waals surface area contributed by atoms with Gasteiger partial charge in [-0.25, -0.2) is 4.79 Å². The van der Waals surface area contributed by atoms with E-state index in [0.29, 0.717) is 19.3 Å². The van der Waals surface area contributed by atoms with Gasteiger partial charge in [-0.3, -0.25) is 52.7 Å². The number of likely N-dealkylation sites (N-methyl/N-ethyl adjacent to an activating group) is 7. The number of ether oxygens (including phenoxy) is 3. The molecule has 0 aliphatic carbocycles. The number of aliphatic hydroxyl groups excluding tert-OH is 1. The average Bonchev–Trinajstić information content (AvgIpc) is 0.835. The van der Waals surface area contributed by atoms with Crippen molar-refractivity contribution >= 4 is 71.0 Å². The standard InChI is InChI=1S/C68H123N11O16/c1-27-29-32-43(13)57(81)56(61(85)72-49(28-2)68(92)93-26)79(25)67(91)54(42(11)12)77(23)65(89)52(37-40(7)8)76(22)64(88)51(36-39(5)6)75(21)63(87)46(16)71-58(82)44(14)70-59(83)50(35-38(3)4)74(20)66(90)53(41(9)10)73-60(84)55(78(24)62(86)45(15)69-19)47(17)94-33-30-31-34-95-48(18)80/h27,29,38-47,49-57,69,81H,28,30-37H2,1-26H3,(H,70,83)(H,71,82)(H,72,85)(H,73,84)/b29-27+/t43-,44+,45-,46-,47+,49+,50+,51+,52+,53+,54+,55+,56+,57-/m1/s1. The number of carbonyl (C=O) groups is 12. The third kappa shape index (κ3) is 27.4. The molecule has 27 nitrogen and oxygen atoms in total. The largest absolute Gasteiger partial charge is 0.467 e. The maximum absolute atomic E-state index is 15.1. The molecule has 0 fully saturated rings. The van der Waals surface area contributed by atoms with Gasteiger partial charge in [-0.15, -0.1) is 0 Å². The predicted octanol–water partition coefficient (Wildman–Crippen LogP) is 3.28. The summed E-state index contributed by atoms with van der Waals surface area (Å²) in [4.78, 5) is 175. The molecule has 546 valence electrons. The lowest BCUT2D eigenvalue weighted by Gasteiger charge is -2.41. The highest BCUT2D eigenvalue weighted by Crippen LogP contribution is 2.26. The van der Waals surface area contributed by atoms with Gasteiger partial charge in [-0.1, -0.05) is 95.2 Å². The van der Waals surface area contributed by atoms with Crippen molar-refractivity contribution in [3.8, 4) is 0 Å². The number of allylic oxidation sites excluding steroid dienone is 2. The molecule has 0 aliphatic heterocycles. The number of unbranched alkanes of at least 4 members (excludes halogenated alkanes) is 1. The van der Waals surface area contributed by atoms with Gasteiger partial charge in [0.05, 0.1) is 32.0 Å². The smallest absolute Gasteiger partial charge is 0.328 e. The van der Waals surface area contributed by atoms with Crippen LogP contribution < -0.4 is 26.6 Å².